The molecule has 0 fully saturated rings. The summed E-state index contributed by atoms with van der Waals surface area (Å²) in [6.07, 6.45) is 1.14. The van der Waals surface area contributed by atoms with Gasteiger partial charge in [0.2, 0.25) is 0 Å². The predicted molar refractivity (Wildman–Crippen MR) is 72.6 cm³/mol. The Kier molecular flexibility index (Phi) is 2.89. The fourth-order valence-corrected chi connectivity index (χ4v) is 2.73. The maximum absolute atomic E-state index is 4.76. The van der Waals surface area contributed by atoms with E-state index < -0.39 is 0 Å². The largest absolute Gasteiger partial charge is 0.300 e. The lowest BCUT2D eigenvalue weighted by Gasteiger charge is -2.12. The molecule has 6 heteroatoms. The summed E-state index contributed by atoms with van der Waals surface area (Å²) in [7, 11) is 4.08. The first-order valence-corrected chi connectivity index (χ1v) is 6.69. The molecule has 6 nitrogen and oxygen atoms in total. The molecular formula is C13H20N6. The topological polar surface area (TPSA) is 51.8 Å². The molecule has 0 saturated carbocycles. The van der Waals surface area contributed by atoms with Crippen molar-refractivity contribution in [3.05, 3.63) is 17.1 Å². The smallest absolute Gasteiger partial charge is 0.178 e. The van der Waals surface area contributed by atoms with Crippen LogP contribution >= 0.6 is 0 Å². The minimum atomic E-state index is 0.789. The summed E-state index contributed by atoms with van der Waals surface area (Å²) in [6, 6.07) is 0. The van der Waals surface area contributed by atoms with Gasteiger partial charge in [0.1, 0.15) is 11.5 Å². The van der Waals surface area contributed by atoms with E-state index in [9.17, 15) is 0 Å². The minimum absolute atomic E-state index is 0.789. The van der Waals surface area contributed by atoms with Crippen molar-refractivity contribution in [3.8, 4) is 11.5 Å². The van der Waals surface area contributed by atoms with E-state index in [0.29, 0.717) is 0 Å². The van der Waals surface area contributed by atoms with Crippen molar-refractivity contribution in [2.24, 2.45) is 7.05 Å². The Labute approximate surface area is 113 Å². The van der Waals surface area contributed by atoms with Crippen LogP contribution in [-0.4, -0.2) is 43.0 Å². The second kappa shape index (κ2) is 4.45. The van der Waals surface area contributed by atoms with Gasteiger partial charge in [0.05, 0.1) is 5.69 Å². The first-order chi connectivity index (χ1) is 9.06. The molecule has 19 heavy (non-hydrogen) atoms. The highest BCUT2D eigenvalue weighted by Crippen LogP contribution is 2.25. The summed E-state index contributed by atoms with van der Waals surface area (Å²) in [5.74, 6) is 1.65. The normalized spacial score (nSPS) is 16.4. The van der Waals surface area contributed by atoms with Crippen LogP contribution < -0.4 is 0 Å². The molecule has 0 spiro atoms. The van der Waals surface area contributed by atoms with Gasteiger partial charge in [-0.25, -0.2) is 9.67 Å². The lowest BCUT2D eigenvalue weighted by Crippen LogP contribution is -2.17. The fraction of sp³-hybridized carbons (Fsp3) is 0.615. The average Bonchev–Trinajstić information content (AvgIpc) is 2.75. The van der Waals surface area contributed by atoms with E-state index in [0.717, 1.165) is 43.4 Å². The number of hydrogen-bond acceptors (Lipinski definition) is 4. The van der Waals surface area contributed by atoms with E-state index in [2.05, 4.69) is 33.6 Å². The number of fused-ring (bicyclic) bond motifs is 1. The Morgan fingerprint density at radius 3 is 2.53 bits per heavy atom. The van der Waals surface area contributed by atoms with Crippen molar-refractivity contribution in [3.63, 3.8) is 0 Å². The van der Waals surface area contributed by atoms with Crippen LogP contribution in [0.25, 0.3) is 11.5 Å². The van der Waals surface area contributed by atoms with Gasteiger partial charge in [-0.05, 0) is 27.3 Å². The molecule has 0 saturated heterocycles. The van der Waals surface area contributed by atoms with Gasteiger partial charge in [0.25, 0.3) is 0 Å². The first-order valence-electron chi connectivity index (χ1n) is 6.69. The number of nitrogens with zero attached hydrogens (tertiary/aromatic N) is 6. The van der Waals surface area contributed by atoms with E-state index >= 15 is 0 Å². The highest BCUT2D eigenvalue weighted by atomic mass is 15.4. The molecule has 0 unspecified atom stereocenters. The Morgan fingerprint density at radius 2 is 1.84 bits per heavy atom. The summed E-state index contributed by atoms with van der Waals surface area (Å²) in [4.78, 5) is 6.84. The SMILES string of the molecule is Cc1nc(-c2nn3c(c2C)CN(C)CCC3)n(C)n1. The van der Waals surface area contributed by atoms with Crippen molar-refractivity contribution in [1.29, 1.82) is 0 Å². The number of hydrogen-bond donors (Lipinski definition) is 0. The standard InChI is InChI=1S/C13H20N6/c1-9-11-8-17(3)6-5-7-19(11)16-12(9)13-14-10(2)15-18(13)4/h5-8H2,1-4H3. The molecule has 0 radical (unpaired) electrons. The van der Waals surface area contributed by atoms with Crippen LogP contribution in [0.4, 0.5) is 0 Å². The molecular weight excluding hydrogens is 240 g/mol. The van der Waals surface area contributed by atoms with Crippen molar-refractivity contribution in [1.82, 2.24) is 29.4 Å². The molecule has 0 bridgehead atoms. The third kappa shape index (κ3) is 2.06. The van der Waals surface area contributed by atoms with Gasteiger partial charge in [-0.15, -0.1) is 0 Å². The summed E-state index contributed by atoms with van der Waals surface area (Å²) in [5.41, 5.74) is 3.49. The quantitative estimate of drug-likeness (QED) is 0.771. The zero-order chi connectivity index (χ0) is 13.6. The van der Waals surface area contributed by atoms with Crippen LogP contribution in [0.5, 0.6) is 0 Å². The highest BCUT2D eigenvalue weighted by molar-refractivity contribution is 5.56. The Hall–Kier alpha value is -1.69. The van der Waals surface area contributed by atoms with E-state index in [1.807, 2.05) is 18.7 Å². The molecule has 1 aliphatic heterocycles. The van der Waals surface area contributed by atoms with Gasteiger partial charge < -0.3 is 4.90 Å². The Bertz CT molecular complexity index is 609. The van der Waals surface area contributed by atoms with E-state index in [1.54, 1.807) is 0 Å². The summed E-state index contributed by atoms with van der Waals surface area (Å²) >= 11 is 0. The van der Waals surface area contributed by atoms with Crippen LogP contribution in [0.1, 0.15) is 23.5 Å². The Morgan fingerprint density at radius 1 is 1.05 bits per heavy atom. The molecule has 2 aromatic rings. The van der Waals surface area contributed by atoms with E-state index in [-0.39, 0.29) is 0 Å². The third-order valence-electron chi connectivity index (χ3n) is 3.73. The lowest BCUT2D eigenvalue weighted by atomic mass is 10.2. The maximum Gasteiger partial charge on any atom is 0.178 e. The van der Waals surface area contributed by atoms with Crippen molar-refractivity contribution in [2.45, 2.75) is 33.4 Å². The second-order valence-corrected chi connectivity index (χ2v) is 5.34. The lowest BCUT2D eigenvalue weighted by molar-refractivity contribution is 0.331. The van der Waals surface area contributed by atoms with Crippen molar-refractivity contribution < 1.29 is 0 Å². The number of rotatable bonds is 1. The van der Waals surface area contributed by atoms with Crippen LogP contribution in [0.3, 0.4) is 0 Å². The van der Waals surface area contributed by atoms with Gasteiger partial charge in [-0.2, -0.15) is 10.2 Å². The Balaban J connectivity index is 2.10. The van der Waals surface area contributed by atoms with Crippen LogP contribution in [0.15, 0.2) is 0 Å². The van der Waals surface area contributed by atoms with Gasteiger partial charge in [0, 0.05) is 32.2 Å². The third-order valence-corrected chi connectivity index (χ3v) is 3.73. The van der Waals surface area contributed by atoms with Crippen molar-refractivity contribution in [2.75, 3.05) is 13.6 Å². The van der Waals surface area contributed by atoms with Crippen LogP contribution in [0.2, 0.25) is 0 Å². The first kappa shape index (κ1) is 12.3. The second-order valence-electron chi connectivity index (χ2n) is 5.34. The average molecular weight is 260 g/mol. The molecule has 0 aromatic carbocycles. The maximum atomic E-state index is 4.76. The molecule has 0 N–H and O–H groups in total. The summed E-state index contributed by atoms with van der Waals surface area (Å²) in [6.45, 7) is 7.11. The fourth-order valence-electron chi connectivity index (χ4n) is 2.73. The summed E-state index contributed by atoms with van der Waals surface area (Å²) in [5, 5.41) is 9.07. The van der Waals surface area contributed by atoms with Gasteiger partial charge in [-0.3, -0.25) is 4.68 Å². The van der Waals surface area contributed by atoms with Gasteiger partial charge in [0.15, 0.2) is 5.82 Å². The monoisotopic (exact) mass is 260 g/mol. The highest BCUT2D eigenvalue weighted by Gasteiger charge is 2.22. The zero-order valence-corrected chi connectivity index (χ0v) is 12.0. The molecule has 3 heterocycles. The predicted octanol–water partition coefficient (Wildman–Crippen LogP) is 1.13. The zero-order valence-electron chi connectivity index (χ0n) is 12.0. The van der Waals surface area contributed by atoms with Crippen LogP contribution in [0, 0.1) is 13.8 Å². The van der Waals surface area contributed by atoms with E-state index in [1.165, 1.54) is 11.3 Å². The van der Waals surface area contributed by atoms with Gasteiger partial charge >= 0.3 is 0 Å². The van der Waals surface area contributed by atoms with Crippen LogP contribution in [-0.2, 0) is 20.1 Å². The molecule has 1 aliphatic rings. The number of aromatic nitrogens is 5. The van der Waals surface area contributed by atoms with Gasteiger partial charge in [-0.1, -0.05) is 0 Å². The summed E-state index contributed by atoms with van der Waals surface area (Å²) < 4.78 is 3.95. The molecule has 3 rings (SSSR count). The molecule has 102 valence electrons. The van der Waals surface area contributed by atoms with Crippen molar-refractivity contribution >= 4 is 0 Å². The molecule has 2 aromatic heterocycles. The molecule has 0 atom stereocenters. The minimum Gasteiger partial charge on any atom is -0.300 e. The number of aryl methyl sites for hydroxylation is 3. The van der Waals surface area contributed by atoms with E-state index in [4.69, 9.17) is 5.10 Å². The molecule has 0 amide bonds. The molecule has 0 aliphatic carbocycles.